The van der Waals surface area contributed by atoms with Crippen LogP contribution in [-0.2, 0) is 11.2 Å². The molecular formula is C15H25N3O2. The number of hydrogen-bond acceptors (Lipinski definition) is 4. The summed E-state index contributed by atoms with van der Waals surface area (Å²) >= 11 is 0. The van der Waals surface area contributed by atoms with Gasteiger partial charge in [0, 0.05) is 24.7 Å². The summed E-state index contributed by atoms with van der Waals surface area (Å²) in [4.78, 5) is 19.6. The van der Waals surface area contributed by atoms with Crippen molar-refractivity contribution in [3.05, 3.63) is 17.6 Å². The van der Waals surface area contributed by atoms with E-state index in [4.69, 9.17) is 5.11 Å². The number of hydrogen-bond donors (Lipinski definition) is 2. The predicted molar refractivity (Wildman–Crippen MR) is 79.8 cm³/mol. The fraction of sp³-hybridized carbons (Fsp3) is 0.667. The molecule has 0 fully saturated rings. The van der Waals surface area contributed by atoms with E-state index in [1.807, 2.05) is 13.0 Å². The number of aromatic nitrogens is 2. The van der Waals surface area contributed by atoms with Crippen LogP contribution < -0.4 is 5.32 Å². The summed E-state index contributed by atoms with van der Waals surface area (Å²) in [5, 5.41) is 12.2. The summed E-state index contributed by atoms with van der Waals surface area (Å²) in [5.41, 5.74) is 0.999. The van der Waals surface area contributed by atoms with Crippen LogP contribution >= 0.6 is 0 Å². The van der Waals surface area contributed by atoms with Gasteiger partial charge in [-0.2, -0.15) is 0 Å². The molecule has 1 aromatic heterocycles. The highest BCUT2D eigenvalue weighted by atomic mass is 16.4. The van der Waals surface area contributed by atoms with Crippen LogP contribution in [0.1, 0.15) is 45.1 Å². The SMILES string of the molecule is CCc1cc(NCC(CC(=O)O)CC(C)C)nc(C)n1. The van der Waals surface area contributed by atoms with Crippen LogP contribution in [0.25, 0.3) is 0 Å². The molecule has 2 N–H and O–H groups in total. The molecule has 5 nitrogen and oxygen atoms in total. The monoisotopic (exact) mass is 279 g/mol. The van der Waals surface area contributed by atoms with Crippen LogP contribution in [0.3, 0.4) is 0 Å². The minimum atomic E-state index is -0.745. The lowest BCUT2D eigenvalue weighted by Gasteiger charge is -2.18. The van der Waals surface area contributed by atoms with E-state index in [1.165, 1.54) is 0 Å². The Balaban J connectivity index is 2.66. The maximum absolute atomic E-state index is 10.9. The maximum Gasteiger partial charge on any atom is 0.303 e. The van der Waals surface area contributed by atoms with Crippen molar-refractivity contribution in [2.45, 2.75) is 47.0 Å². The van der Waals surface area contributed by atoms with Gasteiger partial charge < -0.3 is 10.4 Å². The molecule has 0 saturated heterocycles. The van der Waals surface area contributed by atoms with Crippen LogP contribution in [-0.4, -0.2) is 27.6 Å². The summed E-state index contributed by atoms with van der Waals surface area (Å²) in [6, 6.07) is 1.93. The van der Waals surface area contributed by atoms with Crippen LogP contribution in [0.2, 0.25) is 0 Å². The number of anilines is 1. The lowest BCUT2D eigenvalue weighted by Crippen LogP contribution is -2.20. The average molecular weight is 279 g/mol. The third kappa shape index (κ3) is 5.99. The van der Waals surface area contributed by atoms with Crippen molar-refractivity contribution in [3.8, 4) is 0 Å². The van der Waals surface area contributed by atoms with Gasteiger partial charge in [-0.15, -0.1) is 0 Å². The molecule has 1 atom stereocenters. The third-order valence-electron chi connectivity index (χ3n) is 3.09. The number of carbonyl (C=O) groups is 1. The molecule has 0 aliphatic rings. The van der Waals surface area contributed by atoms with E-state index in [2.05, 4.69) is 36.1 Å². The maximum atomic E-state index is 10.9. The predicted octanol–water partition coefficient (Wildman–Crippen LogP) is 2.90. The Bertz CT molecular complexity index is 447. The number of aryl methyl sites for hydroxylation is 2. The zero-order valence-electron chi connectivity index (χ0n) is 12.8. The summed E-state index contributed by atoms with van der Waals surface area (Å²) < 4.78 is 0. The van der Waals surface area contributed by atoms with Crippen molar-refractivity contribution in [2.24, 2.45) is 11.8 Å². The molecule has 0 bridgehead atoms. The van der Waals surface area contributed by atoms with Gasteiger partial charge in [0.05, 0.1) is 0 Å². The third-order valence-corrected chi connectivity index (χ3v) is 3.09. The van der Waals surface area contributed by atoms with Gasteiger partial charge in [-0.25, -0.2) is 9.97 Å². The van der Waals surface area contributed by atoms with Crippen molar-refractivity contribution in [2.75, 3.05) is 11.9 Å². The van der Waals surface area contributed by atoms with Crippen LogP contribution in [0.4, 0.5) is 5.82 Å². The van der Waals surface area contributed by atoms with Gasteiger partial charge in [0.25, 0.3) is 0 Å². The zero-order chi connectivity index (χ0) is 15.1. The molecular weight excluding hydrogens is 254 g/mol. The Hall–Kier alpha value is -1.65. The van der Waals surface area contributed by atoms with Gasteiger partial charge in [0.15, 0.2) is 0 Å². The first-order valence-corrected chi connectivity index (χ1v) is 7.20. The molecule has 1 unspecified atom stereocenters. The highest BCUT2D eigenvalue weighted by Crippen LogP contribution is 2.17. The van der Waals surface area contributed by atoms with E-state index in [-0.39, 0.29) is 12.3 Å². The quantitative estimate of drug-likeness (QED) is 0.765. The Kier molecular flexibility index (Phi) is 6.42. The first kappa shape index (κ1) is 16.4. The van der Waals surface area contributed by atoms with Crippen molar-refractivity contribution in [1.82, 2.24) is 9.97 Å². The minimum absolute atomic E-state index is 0.118. The molecule has 0 aliphatic heterocycles. The molecule has 0 radical (unpaired) electrons. The topological polar surface area (TPSA) is 75.1 Å². The highest BCUT2D eigenvalue weighted by Gasteiger charge is 2.15. The Morgan fingerprint density at radius 1 is 1.40 bits per heavy atom. The highest BCUT2D eigenvalue weighted by molar-refractivity contribution is 5.67. The Morgan fingerprint density at radius 2 is 2.10 bits per heavy atom. The van der Waals surface area contributed by atoms with E-state index in [1.54, 1.807) is 0 Å². The second-order valence-electron chi connectivity index (χ2n) is 5.62. The molecule has 5 heteroatoms. The van der Waals surface area contributed by atoms with Gasteiger partial charge in [0.1, 0.15) is 11.6 Å². The fourth-order valence-corrected chi connectivity index (χ4v) is 2.30. The second-order valence-corrected chi connectivity index (χ2v) is 5.62. The largest absolute Gasteiger partial charge is 0.481 e. The minimum Gasteiger partial charge on any atom is -0.481 e. The van der Waals surface area contributed by atoms with Gasteiger partial charge in [0.2, 0.25) is 0 Å². The number of carboxylic acids is 1. The van der Waals surface area contributed by atoms with Crippen molar-refractivity contribution < 1.29 is 9.90 Å². The van der Waals surface area contributed by atoms with Gasteiger partial charge >= 0.3 is 5.97 Å². The molecule has 1 rings (SSSR count). The summed E-state index contributed by atoms with van der Waals surface area (Å²) in [5.74, 6) is 1.39. The van der Waals surface area contributed by atoms with Crippen LogP contribution in [0, 0.1) is 18.8 Å². The number of nitrogens with one attached hydrogen (secondary N) is 1. The van der Waals surface area contributed by atoms with Gasteiger partial charge in [-0.1, -0.05) is 20.8 Å². The van der Waals surface area contributed by atoms with Crippen LogP contribution in [0.5, 0.6) is 0 Å². The number of carboxylic acid groups (broad SMARTS) is 1. The molecule has 112 valence electrons. The smallest absolute Gasteiger partial charge is 0.303 e. The molecule has 0 saturated carbocycles. The summed E-state index contributed by atoms with van der Waals surface area (Å²) in [6.45, 7) is 8.77. The Morgan fingerprint density at radius 3 is 2.65 bits per heavy atom. The first-order chi connectivity index (χ1) is 9.40. The Labute approximate surface area is 120 Å². The fourth-order valence-electron chi connectivity index (χ4n) is 2.30. The van der Waals surface area contributed by atoms with E-state index >= 15 is 0 Å². The molecule has 0 amide bonds. The molecule has 0 spiro atoms. The molecule has 1 heterocycles. The van der Waals surface area contributed by atoms with Crippen molar-refractivity contribution in [3.63, 3.8) is 0 Å². The lowest BCUT2D eigenvalue weighted by atomic mass is 9.94. The van der Waals surface area contributed by atoms with E-state index in [9.17, 15) is 4.79 Å². The van der Waals surface area contributed by atoms with E-state index in [0.717, 1.165) is 30.2 Å². The van der Waals surface area contributed by atoms with E-state index < -0.39 is 5.97 Å². The second kappa shape index (κ2) is 7.82. The molecule has 1 aromatic rings. The number of nitrogens with zero attached hydrogens (tertiary/aromatic N) is 2. The average Bonchev–Trinajstić information content (AvgIpc) is 2.34. The zero-order valence-corrected chi connectivity index (χ0v) is 12.8. The summed E-state index contributed by atoms with van der Waals surface area (Å²) in [6.07, 6.45) is 1.95. The lowest BCUT2D eigenvalue weighted by molar-refractivity contribution is -0.138. The van der Waals surface area contributed by atoms with Crippen molar-refractivity contribution in [1.29, 1.82) is 0 Å². The number of aliphatic carboxylic acids is 1. The summed E-state index contributed by atoms with van der Waals surface area (Å²) in [7, 11) is 0. The first-order valence-electron chi connectivity index (χ1n) is 7.20. The van der Waals surface area contributed by atoms with Gasteiger partial charge in [-0.05, 0) is 31.6 Å². The van der Waals surface area contributed by atoms with Crippen LogP contribution in [0.15, 0.2) is 6.07 Å². The molecule has 20 heavy (non-hydrogen) atoms. The number of rotatable bonds is 8. The van der Waals surface area contributed by atoms with E-state index in [0.29, 0.717) is 12.5 Å². The molecule has 0 aliphatic carbocycles. The normalized spacial score (nSPS) is 12.4. The standard InChI is InChI=1S/C15H25N3O2/c1-5-13-8-14(18-11(4)17-13)16-9-12(6-10(2)3)7-15(19)20/h8,10,12H,5-7,9H2,1-4H3,(H,19,20)(H,16,17,18). The molecule has 0 aromatic carbocycles. The van der Waals surface area contributed by atoms with Crippen molar-refractivity contribution >= 4 is 11.8 Å². The van der Waals surface area contributed by atoms with Gasteiger partial charge in [-0.3, -0.25) is 4.79 Å².